The molecule has 0 aliphatic heterocycles. The SMILES string of the molecule is CCn1cnnc1C1(CN)CC1. The lowest BCUT2D eigenvalue weighted by Gasteiger charge is -2.11. The molecular weight excluding hydrogens is 152 g/mol. The minimum Gasteiger partial charge on any atom is -0.329 e. The summed E-state index contributed by atoms with van der Waals surface area (Å²) < 4.78 is 2.08. The Morgan fingerprint density at radius 1 is 1.67 bits per heavy atom. The molecule has 1 heterocycles. The fourth-order valence-corrected chi connectivity index (χ4v) is 1.57. The fourth-order valence-electron chi connectivity index (χ4n) is 1.57. The van der Waals surface area contributed by atoms with Crippen molar-refractivity contribution in [1.29, 1.82) is 0 Å². The topological polar surface area (TPSA) is 56.7 Å². The monoisotopic (exact) mass is 166 g/mol. The summed E-state index contributed by atoms with van der Waals surface area (Å²) in [5.74, 6) is 1.08. The highest BCUT2D eigenvalue weighted by atomic mass is 15.3. The molecule has 2 rings (SSSR count). The second kappa shape index (κ2) is 2.55. The Morgan fingerprint density at radius 2 is 2.42 bits per heavy atom. The van der Waals surface area contributed by atoms with Crippen molar-refractivity contribution in [3.05, 3.63) is 12.2 Å². The van der Waals surface area contributed by atoms with E-state index in [0.29, 0.717) is 6.54 Å². The molecule has 1 saturated carbocycles. The van der Waals surface area contributed by atoms with E-state index in [9.17, 15) is 0 Å². The number of aromatic nitrogens is 3. The van der Waals surface area contributed by atoms with Gasteiger partial charge in [-0.15, -0.1) is 10.2 Å². The first-order chi connectivity index (χ1) is 5.82. The average Bonchev–Trinajstić information content (AvgIpc) is 2.76. The third-order valence-electron chi connectivity index (χ3n) is 2.67. The quantitative estimate of drug-likeness (QED) is 0.702. The van der Waals surface area contributed by atoms with E-state index in [4.69, 9.17) is 5.73 Å². The second-order valence-corrected chi connectivity index (χ2v) is 3.43. The van der Waals surface area contributed by atoms with E-state index in [1.165, 1.54) is 12.8 Å². The normalized spacial score (nSPS) is 19.5. The largest absolute Gasteiger partial charge is 0.329 e. The van der Waals surface area contributed by atoms with Crippen LogP contribution >= 0.6 is 0 Å². The lowest BCUT2D eigenvalue weighted by molar-refractivity contribution is 0.584. The lowest BCUT2D eigenvalue weighted by Crippen LogP contribution is -2.24. The van der Waals surface area contributed by atoms with Crippen molar-refractivity contribution in [1.82, 2.24) is 14.8 Å². The Bertz CT molecular complexity index is 274. The van der Waals surface area contributed by atoms with Gasteiger partial charge < -0.3 is 10.3 Å². The third-order valence-corrected chi connectivity index (χ3v) is 2.67. The third kappa shape index (κ3) is 0.948. The van der Waals surface area contributed by atoms with Gasteiger partial charge in [-0.2, -0.15) is 0 Å². The van der Waals surface area contributed by atoms with Crippen LogP contribution in [-0.4, -0.2) is 21.3 Å². The first kappa shape index (κ1) is 7.73. The molecule has 1 aromatic heterocycles. The number of aryl methyl sites for hydroxylation is 1. The van der Waals surface area contributed by atoms with Crippen molar-refractivity contribution in [3.8, 4) is 0 Å². The molecule has 4 heteroatoms. The van der Waals surface area contributed by atoms with E-state index in [1.54, 1.807) is 6.33 Å². The molecule has 0 amide bonds. The van der Waals surface area contributed by atoms with E-state index < -0.39 is 0 Å². The molecule has 2 N–H and O–H groups in total. The Kier molecular flexibility index (Phi) is 1.65. The van der Waals surface area contributed by atoms with Crippen LogP contribution in [0.15, 0.2) is 6.33 Å². The van der Waals surface area contributed by atoms with Crippen molar-refractivity contribution in [2.75, 3.05) is 6.54 Å². The summed E-state index contributed by atoms with van der Waals surface area (Å²) >= 11 is 0. The maximum absolute atomic E-state index is 5.70. The van der Waals surface area contributed by atoms with Crippen LogP contribution in [0.4, 0.5) is 0 Å². The van der Waals surface area contributed by atoms with Gasteiger partial charge in [-0.25, -0.2) is 0 Å². The van der Waals surface area contributed by atoms with E-state index in [-0.39, 0.29) is 5.41 Å². The molecule has 0 saturated heterocycles. The number of nitrogens with two attached hydrogens (primary N) is 1. The van der Waals surface area contributed by atoms with Crippen molar-refractivity contribution in [2.24, 2.45) is 5.73 Å². The molecule has 1 aliphatic rings. The van der Waals surface area contributed by atoms with Gasteiger partial charge in [0, 0.05) is 18.5 Å². The Hall–Kier alpha value is -0.900. The summed E-state index contributed by atoms with van der Waals surface area (Å²) in [6.45, 7) is 3.73. The zero-order chi connectivity index (χ0) is 8.60. The first-order valence-electron chi connectivity index (χ1n) is 4.41. The number of hydrogen-bond donors (Lipinski definition) is 1. The van der Waals surface area contributed by atoms with E-state index >= 15 is 0 Å². The molecule has 0 spiro atoms. The molecule has 0 bridgehead atoms. The maximum Gasteiger partial charge on any atom is 0.140 e. The highest BCUT2D eigenvalue weighted by Gasteiger charge is 2.46. The minimum absolute atomic E-state index is 0.173. The lowest BCUT2D eigenvalue weighted by atomic mass is 10.1. The fraction of sp³-hybridized carbons (Fsp3) is 0.750. The summed E-state index contributed by atoms with van der Waals surface area (Å²) in [4.78, 5) is 0. The molecule has 12 heavy (non-hydrogen) atoms. The van der Waals surface area contributed by atoms with Crippen LogP contribution in [0.25, 0.3) is 0 Å². The highest BCUT2D eigenvalue weighted by Crippen LogP contribution is 2.45. The van der Waals surface area contributed by atoms with Crippen LogP contribution < -0.4 is 5.73 Å². The van der Waals surface area contributed by atoms with Gasteiger partial charge in [0.15, 0.2) is 0 Å². The van der Waals surface area contributed by atoms with Gasteiger partial charge >= 0.3 is 0 Å². The predicted molar refractivity (Wildman–Crippen MR) is 45.7 cm³/mol. The van der Waals surface area contributed by atoms with Crippen LogP contribution in [0.1, 0.15) is 25.6 Å². The summed E-state index contributed by atoms with van der Waals surface area (Å²) in [7, 11) is 0. The molecule has 0 unspecified atom stereocenters. The van der Waals surface area contributed by atoms with Crippen molar-refractivity contribution in [3.63, 3.8) is 0 Å². The van der Waals surface area contributed by atoms with Crippen molar-refractivity contribution >= 4 is 0 Å². The van der Waals surface area contributed by atoms with Crippen LogP contribution in [-0.2, 0) is 12.0 Å². The Labute approximate surface area is 71.8 Å². The average molecular weight is 166 g/mol. The summed E-state index contributed by atoms with van der Waals surface area (Å²) in [5, 5.41) is 8.03. The van der Waals surface area contributed by atoms with Crippen molar-refractivity contribution < 1.29 is 0 Å². The van der Waals surface area contributed by atoms with Gasteiger partial charge in [0.25, 0.3) is 0 Å². The zero-order valence-corrected chi connectivity index (χ0v) is 7.32. The molecule has 1 fully saturated rings. The maximum atomic E-state index is 5.70. The van der Waals surface area contributed by atoms with Crippen LogP contribution in [0, 0.1) is 0 Å². The van der Waals surface area contributed by atoms with Crippen LogP contribution in [0.2, 0.25) is 0 Å². The molecule has 0 atom stereocenters. The van der Waals surface area contributed by atoms with Gasteiger partial charge in [0.1, 0.15) is 12.2 Å². The molecule has 66 valence electrons. The summed E-state index contributed by atoms with van der Waals surface area (Å²) in [6.07, 6.45) is 4.12. The molecule has 4 nitrogen and oxygen atoms in total. The van der Waals surface area contributed by atoms with Gasteiger partial charge in [-0.3, -0.25) is 0 Å². The number of rotatable bonds is 3. The van der Waals surface area contributed by atoms with Gasteiger partial charge in [0.2, 0.25) is 0 Å². The standard InChI is InChI=1S/C8H14N4/c1-2-12-6-10-11-7(12)8(5-9)3-4-8/h6H,2-5,9H2,1H3. The summed E-state index contributed by atoms with van der Waals surface area (Å²) in [6, 6.07) is 0. The Morgan fingerprint density at radius 3 is 2.92 bits per heavy atom. The van der Waals surface area contributed by atoms with Gasteiger partial charge in [-0.05, 0) is 19.8 Å². The van der Waals surface area contributed by atoms with Gasteiger partial charge in [0.05, 0.1) is 0 Å². The van der Waals surface area contributed by atoms with E-state index in [1.807, 2.05) is 0 Å². The number of nitrogens with zero attached hydrogens (tertiary/aromatic N) is 3. The second-order valence-electron chi connectivity index (χ2n) is 3.43. The van der Waals surface area contributed by atoms with Crippen molar-refractivity contribution in [2.45, 2.75) is 31.7 Å². The highest BCUT2D eigenvalue weighted by molar-refractivity contribution is 5.18. The molecule has 0 radical (unpaired) electrons. The first-order valence-corrected chi connectivity index (χ1v) is 4.41. The smallest absolute Gasteiger partial charge is 0.140 e. The summed E-state index contributed by atoms with van der Waals surface area (Å²) in [5.41, 5.74) is 5.88. The molecule has 1 aliphatic carbocycles. The minimum atomic E-state index is 0.173. The molecule has 1 aromatic rings. The molecule has 0 aromatic carbocycles. The Balaban J connectivity index is 2.32. The van der Waals surface area contributed by atoms with Gasteiger partial charge in [-0.1, -0.05) is 0 Å². The van der Waals surface area contributed by atoms with E-state index in [0.717, 1.165) is 12.4 Å². The zero-order valence-electron chi connectivity index (χ0n) is 7.32. The molecular formula is C8H14N4. The van der Waals surface area contributed by atoms with E-state index in [2.05, 4.69) is 21.7 Å². The predicted octanol–water partition coefficient (Wildman–Crippen LogP) is 0.288. The van der Waals surface area contributed by atoms with Crippen LogP contribution in [0.3, 0.4) is 0 Å². The van der Waals surface area contributed by atoms with Crippen LogP contribution in [0.5, 0.6) is 0 Å². The number of hydrogen-bond acceptors (Lipinski definition) is 3.